The van der Waals surface area contributed by atoms with Crippen molar-refractivity contribution in [3.05, 3.63) is 35.9 Å². The Morgan fingerprint density at radius 2 is 2.11 bits per heavy atom. The highest BCUT2D eigenvalue weighted by Gasteiger charge is 2.45. The fourth-order valence-corrected chi connectivity index (χ4v) is 3.30. The number of rotatable bonds is 3. The molecule has 96 valence electrons. The Bertz CT molecular complexity index is 422. The van der Waals surface area contributed by atoms with Crippen molar-refractivity contribution in [1.29, 1.82) is 5.26 Å². The number of aliphatic hydroxyl groups is 1. The zero-order chi connectivity index (χ0) is 13.0. The minimum atomic E-state index is -0.844. The third-order valence-corrected chi connectivity index (χ3v) is 4.29. The van der Waals surface area contributed by atoms with Crippen LogP contribution in [0, 0.1) is 17.2 Å². The molecule has 1 N–H and O–H groups in total. The van der Waals surface area contributed by atoms with E-state index >= 15 is 0 Å². The number of hydrogen-bond acceptors (Lipinski definition) is 2. The molecule has 0 aromatic heterocycles. The first-order valence-corrected chi connectivity index (χ1v) is 6.89. The molecule has 0 saturated heterocycles. The topological polar surface area (TPSA) is 44.0 Å². The zero-order valence-electron chi connectivity index (χ0n) is 11.0. The lowest BCUT2D eigenvalue weighted by Gasteiger charge is -2.43. The second-order valence-electron chi connectivity index (χ2n) is 5.29. The van der Waals surface area contributed by atoms with Gasteiger partial charge in [0.2, 0.25) is 0 Å². The van der Waals surface area contributed by atoms with Crippen LogP contribution in [0.5, 0.6) is 0 Å². The maximum atomic E-state index is 11.0. The molecule has 0 amide bonds. The largest absolute Gasteiger partial charge is 0.388 e. The second kappa shape index (κ2) is 5.54. The Balaban J connectivity index is 2.34. The van der Waals surface area contributed by atoms with E-state index in [1.165, 1.54) is 5.56 Å². The van der Waals surface area contributed by atoms with Crippen LogP contribution in [0.1, 0.15) is 50.5 Å². The molecule has 3 unspecified atom stereocenters. The first-order valence-electron chi connectivity index (χ1n) is 6.89. The fourth-order valence-electron chi connectivity index (χ4n) is 3.30. The van der Waals surface area contributed by atoms with Gasteiger partial charge in [-0.15, -0.1) is 0 Å². The van der Waals surface area contributed by atoms with Gasteiger partial charge < -0.3 is 5.11 Å². The van der Waals surface area contributed by atoms with Crippen LogP contribution in [0.25, 0.3) is 0 Å². The van der Waals surface area contributed by atoms with Crippen molar-refractivity contribution >= 4 is 0 Å². The molecule has 1 saturated carbocycles. The summed E-state index contributed by atoms with van der Waals surface area (Å²) >= 11 is 0. The summed E-state index contributed by atoms with van der Waals surface area (Å²) in [6.45, 7) is 1.99. The monoisotopic (exact) mass is 243 g/mol. The van der Waals surface area contributed by atoms with Crippen molar-refractivity contribution in [1.82, 2.24) is 0 Å². The van der Waals surface area contributed by atoms with E-state index in [0.29, 0.717) is 0 Å². The lowest BCUT2D eigenvalue weighted by molar-refractivity contribution is -0.0510. The highest BCUT2D eigenvalue weighted by atomic mass is 16.3. The van der Waals surface area contributed by atoms with E-state index in [1.54, 1.807) is 0 Å². The minimum absolute atomic E-state index is 0.108. The molecule has 3 atom stereocenters. The average molecular weight is 243 g/mol. The van der Waals surface area contributed by atoms with E-state index in [1.807, 2.05) is 25.1 Å². The second-order valence-corrected chi connectivity index (χ2v) is 5.29. The maximum absolute atomic E-state index is 11.0. The Hall–Kier alpha value is -1.33. The Labute approximate surface area is 109 Å². The molecule has 0 radical (unpaired) electrons. The third kappa shape index (κ3) is 2.28. The first-order chi connectivity index (χ1) is 8.72. The van der Waals surface area contributed by atoms with Gasteiger partial charge in [-0.1, -0.05) is 50.1 Å². The number of hydrogen-bond donors (Lipinski definition) is 1. The van der Waals surface area contributed by atoms with Crippen molar-refractivity contribution < 1.29 is 5.11 Å². The Kier molecular flexibility index (Phi) is 4.04. The van der Waals surface area contributed by atoms with Crippen LogP contribution in [-0.4, -0.2) is 10.7 Å². The lowest BCUT2D eigenvalue weighted by Crippen LogP contribution is -2.45. The summed E-state index contributed by atoms with van der Waals surface area (Å²) in [5.41, 5.74) is 0.330. The first kappa shape index (κ1) is 13.1. The van der Waals surface area contributed by atoms with Gasteiger partial charge >= 0.3 is 0 Å². The number of nitrogens with zero attached hydrogens (tertiary/aromatic N) is 1. The minimum Gasteiger partial charge on any atom is -0.388 e. The smallest absolute Gasteiger partial charge is 0.0873 e. The van der Waals surface area contributed by atoms with Crippen LogP contribution in [0.2, 0.25) is 0 Å². The molecule has 0 spiro atoms. The molecule has 0 aliphatic heterocycles. The molecular weight excluding hydrogens is 222 g/mol. The normalized spacial score (nSPS) is 29.5. The van der Waals surface area contributed by atoms with Crippen LogP contribution in [0.15, 0.2) is 30.3 Å². The Morgan fingerprint density at radius 3 is 2.72 bits per heavy atom. The van der Waals surface area contributed by atoms with Crippen molar-refractivity contribution in [3.8, 4) is 6.07 Å². The van der Waals surface area contributed by atoms with Crippen LogP contribution < -0.4 is 0 Å². The Morgan fingerprint density at radius 1 is 1.39 bits per heavy atom. The van der Waals surface area contributed by atoms with Gasteiger partial charge in [-0.2, -0.15) is 5.26 Å². The molecule has 1 fully saturated rings. The van der Waals surface area contributed by atoms with Gasteiger partial charge in [0, 0.05) is 5.92 Å². The number of benzene rings is 1. The average Bonchev–Trinajstić information content (AvgIpc) is 2.41. The predicted molar refractivity (Wildman–Crippen MR) is 72.0 cm³/mol. The van der Waals surface area contributed by atoms with Crippen LogP contribution >= 0.6 is 0 Å². The van der Waals surface area contributed by atoms with E-state index in [0.717, 1.165) is 32.1 Å². The van der Waals surface area contributed by atoms with Gasteiger partial charge in [0.15, 0.2) is 0 Å². The SMILES string of the molecule is CCC(C#N)C1(O)CCCCC1c1ccccc1. The van der Waals surface area contributed by atoms with Gasteiger partial charge in [0.05, 0.1) is 17.6 Å². The molecule has 2 rings (SSSR count). The fraction of sp³-hybridized carbons (Fsp3) is 0.562. The summed E-state index contributed by atoms with van der Waals surface area (Å²) in [5, 5.41) is 20.3. The van der Waals surface area contributed by atoms with Gasteiger partial charge in [0.1, 0.15) is 0 Å². The van der Waals surface area contributed by atoms with Gasteiger partial charge in [-0.3, -0.25) is 0 Å². The lowest BCUT2D eigenvalue weighted by atomic mass is 9.65. The highest BCUT2D eigenvalue weighted by Crippen LogP contribution is 2.45. The number of nitriles is 1. The quantitative estimate of drug-likeness (QED) is 0.881. The molecule has 1 aliphatic rings. The van der Waals surface area contributed by atoms with Crippen molar-refractivity contribution in [2.45, 2.75) is 50.5 Å². The summed E-state index contributed by atoms with van der Waals surface area (Å²) in [5.74, 6) is -0.153. The maximum Gasteiger partial charge on any atom is 0.0873 e. The summed E-state index contributed by atoms with van der Waals surface area (Å²) in [7, 11) is 0. The van der Waals surface area contributed by atoms with Gasteiger partial charge in [0.25, 0.3) is 0 Å². The van der Waals surface area contributed by atoms with Crippen molar-refractivity contribution in [2.75, 3.05) is 0 Å². The van der Waals surface area contributed by atoms with E-state index in [2.05, 4.69) is 18.2 Å². The van der Waals surface area contributed by atoms with Crippen molar-refractivity contribution in [3.63, 3.8) is 0 Å². The zero-order valence-corrected chi connectivity index (χ0v) is 11.0. The van der Waals surface area contributed by atoms with E-state index in [-0.39, 0.29) is 11.8 Å². The predicted octanol–water partition coefficient (Wildman–Crippen LogP) is 3.63. The van der Waals surface area contributed by atoms with Gasteiger partial charge in [-0.05, 0) is 24.8 Å². The summed E-state index contributed by atoms with van der Waals surface area (Å²) in [6.07, 6.45) is 4.62. The molecule has 1 aromatic rings. The molecule has 0 bridgehead atoms. The van der Waals surface area contributed by atoms with Crippen LogP contribution in [0.3, 0.4) is 0 Å². The highest BCUT2D eigenvalue weighted by molar-refractivity contribution is 5.25. The summed E-state index contributed by atoms with van der Waals surface area (Å²) in [6, 6.07) is 12.5. The standard InChI is InChI=1S/C16H21NO/c1-2-14(12-17)16(18)11-7-6-10-15(16)13-8-4-3-5-9-13/h3-5,8-9,14-15,18H,2,6-7,10-11H2,1H3. The molecule has 1 aromatic carbocycles. The molecule has 0 heterocycles. The molecule has 2 heteroatoms. The van der Waals surface area contributed by atoms with Gasteiger partial charge in [-0.25, -0.2) is 0 Å². The van der Waals surface area contributed by atoms with Crippen LogP contribution in [-0.2, 0) is 0 Å². The van der Waals surface area contributed by atoms with E-state index in [4.69, 9.17) is 0 Å². The third-order valence-electron chi connectivity index (χ3n) is 4.29. The van der Waals surface area contributed by atoms with Crippen molar-refractivity contribution in [2.24, 2.45) is 5.92 Å². The van der Waals surface area contributed by atoms with E-state index < -0.39 is 5.60 Å². The summed E-state index contributed by atoms with van der Waals surface area (Å²) in [4.78, 5) is 0. The molecule has 1 aliphatic carbocycles. The molecular formula is C16H21NO. The molecule has 2 nitrogen and oxygen atoms in total. The van der Waals surface area contributed by atoms with Crippen LogP contribution in [0.4, 0.5) is 0 Å². The molecule has 18 heavy (non-hydrogen) atoms. The van der Waals surface area contributed by atoms with E-state index in [9.17, 15) is 10.4 Å². The summed E-state index contributed by atoms with van der Waals surface area (Å²) < 4.78 is 0.